The average molecular weight is 362 g/mol. The van der Waals surface area contributed by atoms with Crippen LogP contribution in [0.4, 0.5) is 0 Å². The third-order valence-electron chi connectivity index (χ3n) is 5.05. The molecule has 1 aliphatic carbocycles. The van der Waals surface area contributed by atoms with E-state index in [1.54, 1.807) is 26.0 Å². The minimum Gasteiger partial charge on any atom is -0.458 e. The molecule has 1 saturated heterocycles. The molecule has 2 rings (SSSR count). The molecule has 0 spiro atoms. The second-order valence-corrected chi connectivity index (χ2v) is 7.32. The molecule has 26 heavy (non-hydrogen) atoms. The van der Waals surface area contributed by atoms with Crippen molar-refractivity contribution in [1.29, 1.82) is 0 Å². The lowest BCUT2D eigenvalue weighted by Gasteiger charge is -2.33. The van der Waals surface area contributed by atoms with Gasteiger partial charge in [0.05, 0.1) is 5.92 Å². The SMILES string of the molecule is C=C1C(=O)O[C@@H]2C[C@H](C)/C=C\C(=O)[C@](C)(O)C[C@@H](OC(=O)/C(C)=C/C)[C@@H]12. The van der Waals surface area contributed by atoms with Crippen molar-refractivity contribution in [2.45, 2.75) is 58.3 Å². The van der Waals surface area contributed by atoms with Gasteiger partial charge in [-0.1, -0.05) is 25.7 Å². The van der Waals surface area contributed by atoms with Gasteiger partial charge >= 0.3 is 11.9 Å². The summed E-state index contributed by atoms with van der Waals surface area (Å²) >= 11 is 0. The molecule has 0 radical (unpaired) electrons. The van der Waals surface area contributed by atoms with Gasteiger partial charge in [0.1, 0.15) is 17.8 Å². The summed E-state index contributed by atoms with van der Waals surface area (Å²) in [6, 6.07) is 0. The van der Waals surface area contributed by atoms with Crippen LogP contribution in [-0.2, 0) is 23.9 Å². The van der Waals surface area contributed by atoms with E-state index < -0.39 is 41.4 Å². The number of carbonyl (C=O) groups is 3. The molecule has 5 atom stereocenters. The van der Waals surface area contributed by atoms with E-state index in [0.717, 1.165) is 0 Å². The highest BCUT2D eigenvalue weighted by molar-refractivity contribution is 5.97. The maximum absolute atomic E-state index is 12.3. The third-order valence-corrected chi connectivity index (χ3v) is 5.05. The van der Waals surface area contributed by atoms with Crippen molar-refractivity contribution in [1.82, 2.24) is 0 Å². The van der Waals surface area contributed by atoms with Gasteiger partial charge in [-0.25, -0.2) is 9.59 Å². The van der Waals surface area contributed by atoms with Crippen molar-refractivity contribution >= 4 is 17.7 Å². The Morgan fingerprint density at radius 3 is 2.73 bits per heavy atom. The number of aliphatic hydroxyl groups is 1. The van der Waals surface area contributed by atoms with Crippen LogP contribution < -0.4 is 0 Å². The number of rotatable bonds is 2. The summed E-state index contributed by atoms with van der Waals surface area (Å²) in [6.07, 6.45) is 3.54. The molecule has 6 heteroatoms. The molecule has 0 bridgehead atoms. The Hall–Kier alpha value is -2.21. The first-order valence-corrected chi connectivity index (χ1v) is 8.75. The maximum atomic E-state index is 12.3. The second-order valence-electron chi connectivity index (χ2n) is 7.32. The Labute approximate surface area is 153 Å². The van der Waals surface area contributed by atoms with E-state index in [1.807, 2.05) is 6.92 Å². The minimum atomic E-state index is -1.74. The van der Waals surface area contributed by atoms with Crippen LogP contribution in [-0.4, -0.2) is 40.6 Å². The molecule has 0 saturated carbocycles. The largest absolute Gasteiger partial charge is 0.458 e. The molecule has 1 fully saturated rings. The van der Waals surface area contributed by atoms with Crippen LogP contribution in [0.1, 0.15) is 40.5 Å². The molecular formula is C20H26O6. The van der Waals surface area contributed by atoms with E-state index in [9.17, 15) is 19.5 Å². The zero-order valence-corrected chi connectivity index (χ0v) is 15.7. The Bertz CT molecular complexity index is 684. The monoisotopic (exact) mass is 362 g/mol. The summed E-state index contributed by atoms with van der Waals surface area (Å²) < 4.78 is 11.0. The van der Waals surface area contributed by atoms with Crippen LogP contribution in [0.3, 0.4) is 0 Å². The molecule has 1 N–H and O–H groups in total. The number of hydrogen-bond acceptors (Lipinski definition) is 6. The standard InChI is InChI=1S/C20H26O6/c1-6-12(3)18(22)26-15-10-20(5,24)16(21)8-7-11(2)9-14-17(15)13(4)19(23)25-14/h6-8,11,14-15,17,24H,4,9-10H2,1-3,5H3/b8-7-,12-6+/t11-,14-,15-,17+,20-/m1/s1. The second kappa shape index (κ2) is 7.58. The van der Waals surface area contributed by atoms with Gasteiger partial charge in [-0.15, -0.1) is 0 Å². The van der Waals surface area contributed by atoms with E-state index in [0.29, 0.717) is 12.0 Å². The van der Waals surface area contributed by atoms with Crippen molar-refractivity contribution in [3.63, 3.8) is 0 Å². The maximum Gasteiger partial charge on any atom is 0.334 e. The van der Waals surface area contributed by atoms with Crippen molar-refractivity contribution in [3.05, 3.63) is 36.0 Å². The number of ketones is 1. The molecule has 0 aromatic heterocycles. The zero-order chi connectivity index (χ0) is 19.6. The van der Waals surface area contributed by atoms with E-state index >= 15 is 0 Å². The first kappa shape index (κ1) is 20.1. The Morgan fingerprint density at radius 1 is 1.46 bits per heavy atom. The molecule has 1 aliphatic heterocycles. The summed E-state index contributed by atoms with van der Waals surface area (Å²) in [7, 11) is 0. The van der Waals surface area contributed by atoms with Gasteiger partial charge in [0, 0.05) is 17.6 Å². The molecule has 0 amide bonds. The third kappa shape index (κ3) is 4.12. The molecule has 0 aromatic rings. The van der Waals surface area contributed by atoms with Gasteiger partial charge in [0.2, 0.25) is 0 Å². The summed E-state index contributed by atoms with van der Waals surface area (Å²) in [4.78, 5) is 36.7. The van der Waals surface area contributed by atoms with E-state index in [2.05, 4.69) is 6.58 Å². The van der Waals surface area contributed by atoms with Gasteiger partial charge in [-0.05, 0) is 39.2 Å². The van der Waals surface area contributed by atoms with Crippen molar-refractivity contribution < 1.29 is 29.0 Å². The molecule has 6 nitrogen and oxygen atoms in total. The lowest BCUT2D eigenvalue weighted by Crippen LogP contribution is -2.44. The highest BCUT2D eigenvalue weighted by Crippen LogP contribution is 2.38. The number of hydrogen-bond donors (Lipinski definition) is 1. The van der Waals surface area contributed by atoms with Crippen LogP contribution >= 0.6 is 0 Å². The van der Waals surface area contributed by atoms with Crippen LogP contribution in [0, 0.1) is 11.8 Å². The zero-order valence-electron chi connectivity index (χ0n) is 15.7. The van der Waals surface area contributed by atoms with Gasteiger partial charge in [0.25, 0.3) is 0 Å². The van der Waals surface area contributed by atoms with Gasteiger partial charge in [0.15, 0.2) is 5.78 Å². The Balaban J connectivity index is 2.45. The smallest absolute Gasteiger partial charge is 0.334 e. The first-order valence-electron chi connectivity index (χ1n) is 8.75. The van der Waals surface area contributed by atoms with E-state index in [-0.39, 0.29) is 17.9 Å². The summed E-state index contributed by atoms with van der Waals surface area (Å²) in [6.45, 7) is 10.4. The number of carbonyl (C=O) groups excluding carboxylic acids is 3. The Kier molecular flexibility index (Phi) is 5.86. The van der Waals surface area contributed by atoms with Crippen LogP contribution in [0.2, 0.25) is 0 Å². The minimum absolute atomic E-state index is 0.0623. The summed E-state index contributed by atoms with van der Waals surface area (Å²) in [5.41, 5.74) is -1.14. The molecule has 0 aromatic carbocycles. The number of fused-ring (bicyclic) bond motifs is 1. The highest BCUT2D eigenvalue weighted by Gasteiger charge is 2.48. The normalized spacial score (nSPS) is 37.0. The lowest BCUT2D eigenvalue weighted by atomic mass is 9.79. The van der Waals surface area contributed by atoms with E-state index in [1.165, 1.54) is 13.0 Å². The van der Waals surface area contributed by atoms with Crippen LogP contribution in [0.5, 0.6) is 0 Å². The fraction of sp³-hybridized carbons (Fsp3) is 0.550. The lowest BCUT2D eigenvalue weighted by molar-refractivity contribution is -0.155. The van der Waals surface area contributed by atoms with Gasteiger partial charge in [-0.2, -0.15) is 0 Å². The highest BCUT2D eigenvalue weighted by atomic mass is 16.6. The average Bonchev–Trinajstić information content (AvgIpc) is 2.84. The topological polar surface area (TPSA) is 89.9 Å². The van der Waals surface area contributed by atoms with Crippen molar-refractivity contribution in [2.24, 2.45) is 11.8 Å². The Morgan fingerprint density at radius 2 is 2.12 bits per heavy atom. The molecule has 0 unspecified atom stereocenters. The summed E-state index contributed by atoms with van der Waals surface area (Å²) in [5.74, 6) is -2.24. The number of allylic oxidation sites excluding steroid dienone is 2. The predicted molar refractivity (Wildman–Crippen MR) is 95.0 cm³/mol. The quantitative estimate of drug-likeness (QED) is 0.599. The fourth-order valence-electron chi connectivity index (χ4n) is 3.26. The van der Waals surface area contributed by atoms with E-state index in [4.69, 9.17) is 9.47 Å². The predicted octanol–water partition coefficient (Wildman–Crippen LogP) is 2.27. The van der Waals surface area contributed by atoms with Crippen molar-refractivity contribution in [3.8, 4) is 0 Å². The van der Waals surface area contributed by atoms with Crippen LogP contribution in [0.25, 0.3) is 0 Å². The number of ether oxygens (including phenoxy) is 2. The summed E-state index contributed by atoms with van der Waals surface area (Å²) in [5, 5.41) is 10.6. The number of esters is 2. The van der Waals surface area contributed by atoms with Gasteiger partial charge in [-0.3, -0.25) is 4.79 Å². The molecule has 1 heterocycles. The fourth-order valence-corrected chi connectivity index (χ4v) is 3.26. The molecular weight excluding hydrogens is 336 g/mol. The molecule has 142 valence electrons. The van der Waals surface area contributed by atoms with Crippen molar-refractivity contribution in [2.75, 3.05) is 0 Å². The molecule has 2 aliphatic rings. The first-order chi connectivity index (χ1) is 12.1. The van der Waals surface area contributed by atoms with Gasteiger partial charge < -0.3 is 14.6 Å². The van der Waals surface area contributed by atoms with Crippen LogP contribution in [0.15, 0.2) is 36.0 Å².